The van der Waals surface area contributed by atoms with Crippen LogP contribution in [0.3, 0.4) is 0 Å². The standard InChI is InChI=1S/C23H44O4/c1-5-7-9-10-11-12-13-14-16-18-22(25)27-20-23(3,4)19-26-21(24)17-15-8-6-2/h5-20H2,1-4H3. The maximum Gasteiger partial charge on any atom is 0.305 e. The van der Waals surface area contributed by atoms with E-state index in [4.69, 9.17) is 9.47 Å². The van der Waals surface area contributed by atoms with E-state index in [1.54, 1.807) is 0 Å². The van der Waals surface area contributed by atoms with Crippen molar-refractivity contribution in [3.8, 4) is 0 Å². The van der Waals surface area contributed by atoms with Gasteiger partial charge in [0, 0.05) is 18.3 Å². The number of carbonyl (C=O) groups excluding carboxylic acids is 2. The smallest absolute Gasteiger partial charge is 0.305 e. The van der Waals surface area contributed by atoms with Crippen LogP contribution in [-0.4, -0.2) is 25.2 Å². The molecule has 0 atom stereocenters. The third-order valence-corrected chi connectivity index (χ3v) is 4.72. The Hall–Kier alpha value is -1.06. The lowest BCUT2D eigenvalue weighted by Gasteiger charge is -2.23. The van der Waals surface area contributed by atoms with E-state index in [1.165, 1.54) is 44.9 Å². The van der Waals surface area contributed by atoms with Gasteiger partial charge in [0.05, 0.1) is 13.2 Å². The number of unbranched alkanes of at least 4 members (excludes halogenated alkanes) is 10. The number of esters is 2. The molecular weight excluding hydrogens is 340 g/mol. The van der Waals surface area contributed by atoms with Gasteiger partial charge in [-0.3, -0.25) is 9.59 Å². The topological polar surface area (TPSA) is 52.6 Å². The maximum absolute atomic E-state index is 11.9. The summed E-state index contributed by atoms with van der Waals surface area (Å²) in [6.07, 6.45) is 15.1. The number of carbonyl (C=O) groups is 2. The van der Waals surface area contributed by atoms with E-state index in [2.05, 4.69) is 13.8 Å². The molecule has 0 aromatic heterocycles. The second-order valence-corrected chi connectivity index (χ2v) is 8.52. The van der Waals surface area contributed by atoms with Gasteiger partial charge in [-0.25, -0.2) is 0 Å². The predicted octanol–water partition coefficient (Wildman–Crippen LogP) is 6.60. The molecule has 0 saturated carbocycles. The van der Waals surface area contributed by atoms with Crippen LogP contribution in [0.5, 0.6) is 0 Å². The fraction of sp³-hybridized carbons (Fsp3) is 0.913. The molecule has 0 amide bonds. The molecule has 0 N–H and O–H groups in total. The number of ether oxygens (including phenoxy) is 2. The molecular formula is C23H44O4. The molecule has 4 nitrogen and oxygen atoms in total. The summed E-state index contributed by atoms with van der Waals surface area (Å²) in [6.45, 7) is 8.85. The highest BCUT2D eigenvalue weighted by atomic mass is 16.5. The molecule has 0 heterocycles. The molecule has 0 radical (unpaired) electrons. The quantitative estimate of drug-likeness (QED) is 0.197. The van der Waals surface area contributed by atoms with Crippen LogP contribution in [0.4, 0.5) is 0 Å². The van der Waals surface area contributed by atoms with Crippen LogP contribution >= 0.6 is 0 Å². The van der Waals surface area contributed by atoms with Crippen molar-refractivity contribution in [3.05, 3.63) is 0 Å². The van der Waals surface area contributed by atoms with Crippen molar-refractivity contribution in [3.63, 3.8) is 0 Å². The van der Waals surface area contributed by atoms with E-state index in [-0.39, 0.29) is 17.4 Å². The van der Waals surface area contributed by atoms with Gasteiger partial charge in [-0.1, -0.05) is 91.9 Å². The molecule has 0 spiro atoms. The summed E-state index contributed by atoms with van der Waals surface area (Å²) in [5.41, 5.74) is -0.339. The zero-order chi connectivity index (χ0) is 20.4. The fourth-order valence-corrected chi connectivity index (χ4v) is 2.84. The van der Waals surface area contributed by atoms with Gasteiger partial charge in [-0.05, 0) is 12.8 Å². The lowest BCUT2D eigenvalue weighted by molar-refractivity contribution is -0.152. The minimum absolute atomic E-state index is 0.139. The highest BCUT2D eigenvalue weighted by Crippen LogP contribution is 2.18. The van der Waals surface area contributed by atoms with Crippen molar-refractivity contribution in [2.24, 2.45) is 5.41 Å². The Morgan fingerprint density at radius 3 is 1.37 bits per heavy atom. The maximum atomic E-state index is 11.9. The SMILES string of the molecule is CCCCCCCCCCCC(=O)OCC(C)(C)COC(=O)CCCCC. The Balaban J connectivity index is 3.64. The van der Waals surface area contributed by atoms with Crippen molar-refractivity contribution in [2.45, 2.75) is 118 Å². The largest absolute Gasteiger partial charge is 0.465 e. The Labute approximate surface area is 167 Å². The van der Waals surface area contributed by atoms with Gasteiger partial charge in [-0.2, -0.15) is 0 Å². The normalized spacial score (nSPS) is 11.4. The van der Waals surface area contributed by atoms with E-state index in [0.717, 1.165) is 32.1 Å². The first kappa shape index (κ1) is 25.9. The second kappa shape index (κ2) is 17.1. The van der Waals surface area contributed by atoms with Crippen molar-refractivity contribution in [2.75, 3.05) is 13.2 Å². The van der Waals surface area contributed by atoms with Crippen LogP contribution in [0.25, 0.3) is 0 Å². The van der Waals surface area contributed by atoms with Gasteiger partial charge in [0.25, 0.3) is 0 Å². The van der Waals surface area contributed by atoms with Crippen LogP contribution in [0.2, 0.25) is 0 Å². The molecule has 0 saturated heterocycles. The van der Waals surface area contributed by atoms with Gasteiger partial charge >= 0.3 is 11.9 Å². The number of hydrogen-bond donors (Lipinski definition) is 0. The van der Waals surface area contributed by atoms with Crippen LogP contribution in [0.15, 0.2) is 0 Å². The minimum atomic E-state index is -0.339. The first-order valence-electron chi connectivity index (χ1n) is 11.2. The van der Waals surface area contributed by atoms with Crippen molar-refractivity contribution in [1.29, 1.82) is 0 Å². The summed E-state index contributed by atoms with van der Waals surface area (Å²) < 4.78 is 10.7. The first-order valence-corrected chi connectivity index (χ1v) is 11.2. The lowest BCUT2D eigenvalue weighted by atomic mass is 9.96. The van der Waals surface area contributed by atoms with E-state index in [0.29, 0.717) is 26.1 Å². The van der Waals surface area contributed by atoms with E-state index >= 15 is 0 Å². The molecule has 160 valence electrons. The Bertz CT molecular complexity index is 377. The summed E-state index contributed by atoms with van der Waals surface area (Å²) in [4.78, 5) is 23.6. The van der Waals surface area contributed by atoms with Gasteiger partial charge in [0.2, 0.25) is 0 Å². The minimum Gasteiger partial charge on any atom is -0.465 e. The third kappa shape index (κ3) is 18.1. The van der Waals surface area contributed by atoms with Crippen LogP contribution in [0, 0.1) is 5.41 Å². The van der Waals surface area contributed by atoms with Crippen LogP contribution < -0.4 is 0 Å². The predicted molar refractivity (Wildman–Crippen MR) is 112 cm³/mol. The molecule has 0 unspecified atom stereocenters. The third-order valence-electron chi connectivity index (χ3n) is 4.72. The highest BCUT2D eigenvalue weighted by Gasteiger charge is 2.22. The summed E-state index contributed by atoms with van der Waals surface area (Å²) >= 11 is 0. The molecule has 0 aliphatic heterocycles. The summed E-state index contributed by atoms with van der Waals surface area (Å²) in [5, 5.41) is 0. The monoisotopic (exact) mass is 384 g/mol. The number of hydrogen-bond acceptors (Lipinski definition) is 4. The second-order valence-electron chi connectivity index (χ2n) is 8.52. The van der Waals surface area contributed by atoms with Crippen molar-refractivity contribution >= 4 is 11.9 Å². The van der Waals surface area contributed by atoms with Gasteiger partial charge in [-0.15, -0.1) is 0 Å². The van der Waals surface area contributed by atoms with Crippen LogP contribution in [-0.2, 0) is 19.1 Å². The van der Waals surface area contributed by atoms with Gasteiger partial charge < -0.3 is 9.47 Å². The molecule has 0 aromatic rings. The highest BCUT2D eigenvalue weighted by molar-refractivity contribution is 5.69. The molecule has 0 bridgehead atoms. The summed E-state index contributed by atoms with van der Waals surface area (Å²) in [6, 6.07) is 0. The van der Waals surface area contributed by atoms with Gasteiger partial charge in [0.15, 0.2) is 0 Å². The molecule has 4 heteroatoms. The Kier molecular flexibility index (Phi) is 16.4. The average molecular weight is 385 g/mol. The molecule has 0 aromatic carbocycles. The van der Waals surface area contributed by atoms with E-state index in [9.17, 15) is 9.59 Å². The van der Waals surface area contributed by atoms with E-state index in [1.807, 2.05) is 13.8 Å². The molecule has 0 rings (SSSR count). The molecule has 0 aliphatic carbocycles. The van der Waals surface area contributed by atoms with Crippen molar-refractivity contribution < 1.29 is 19.1 Å². The van der Waals surface area contributed by atoms with Crippen LogP contribution in [0.1, 0.15) is 118 Å². The average Bonchev–Trinajstić information content (AvgIpc) is 2.64. The lowest BCUT2D eigenvalue weighted by Crippen LogP contribution is -2.28. The van der Waals surface area contributed by atoms with Gasteiger partial charge in [0.1, 0.15) is 0 Å². The molecule has 0 fully saturated rings. The molecule has 27 heavy (non-hydrogen) atoms. The zero-order valence-electron chi connectivity index (χ0n) is 18.4. The molecule has 0 aliphatic rings. The fourth-order valence-electron chi connectivity index (χ4n) is 2.84. The van der Waals surface area contributed by atoms with E-state index < -0.39 is 0 Å². The summed E-state index contributed by atoms with van der Waals surface area (Å²) in [7, 11) is 0. The first-order chi connectivity index (χ1) is 12.9. The summed E-state index contributed by atoms with van der Waals surface area (Å²) in [5.74, 6) is -0.294. The zero-order valence-corrected chi connectivity index (χ0v) is 18.4. The van der Waals surface area contributed by atoms with Crippen molar-refractivity contribution in [1.82, 2.24) is 0 Å². The Morgan fingerprint density at radius 2 is 0.926 bits per heavy atom. The number of rotatable bonds is 18. The Morgan fingerprint density at radius 1 is 0.593 bits per heavy atom.